The number of ether oxygens (including phenoxy) is 1. The fourth-order valence-corrected chi connectivity index (χ4v) is 2.89. The van der Waals surface area contributed by atoms with Gasteiger partial charge in [-0.1, -0.05) is 25.8 Å². The zero-order valence-electron chi connectivity index (χ0n) is 13.5. The number of carbonyl (C=O) groups excluding carboxylic acids is 1. The van der Waals surface area contributed by atoms with Gasteiger partial charge in [-0.25, -0.2) is 0 Å². The van der Waals surface area contributed by atoms with Crippen molar-refractivity contribution < 1.29 is 14.6 Å². The maximum atomic E-state index is 12.3. The van der Waals surface area contributed by atoms with E-state index in [4.69, 9.17) is 4.74 Å². The molecule has 1 aliphatic rings. The molecule has 23 heavy (non-hydrogen) atoms. The lowest BCUT2D eigenvalue weighted by molar-refractivity contribution is -0.118. The lowest BCUT2D eigenvalue weighted by Gasteiger charge is -2.29. The second-order valence-electron chi connectivity index (χ2n) is 5.94. The van der Waals surface area contributed by atoms with Gasteiger partial charge in [0, 0.05) is 6.04 Å². The average molecular weight is 314 g/mol. The molecule has 0 saturated heterocycles. The molecule has 122 valence electrons. The van der Waals surface area contributed by atoms with Gasteiger partial charge >= 0.3 is 0 Å². The number of nitriles is 1. The van der Waals surface area contributed by atoms with E-state index in [1.807, 2.05) is 6.07 Å². The minimum Gasteiger partial charge on any atom is -0.504 e. The van der Waals surface area contributed by atoms with Gasteiger partial charge in [0.15, 0.2) is 11.5 Å². The topological polar surface area (TPSA) is 82.3 Å². The highest BCUT2D eigenvalue weighted by Crippen LogP contribution is 2.27. The number of benzene rings is 1. The van der Waals surface area contributed by atoms with Gasteiger partial charge in [-0.3, -0.25) is 4.79 Å². The number of nitrogens with zero attached hydrogens (tertiary/aromatic N) is 1. The second kappa shape index (κ2) is 7.68. The second-order valence-corrected chi connectivity index (χ2v) is 5.94. The first-order chi connectivity index (χ1) is 11.0. The van der Waals surface area contributed by atoms with Crippen LogP contribution in [0.1, 0.15) is 38.2 Å². The standard InChI is InChI=1S/C18H22N2O3/c1-12-5-3-4-6-15(12)20-18(22)14(11-19)9-13-7-8-17(23-2)16(21)10-13/h7-10,12,15,21H,3-6H2,1-2H3,(H,20,22)/b14-9+/t12-,15+/m0/s1. The van der Waals surface area contributed by atoms with Gasteiger partial charge in [0.2, 0.25) is 0 Å². The Morgan fingerprint density at radius 3 is 2.78 bits per heavy atom. The highest BCUT2D eigenvalue weighted by Gasteiger charge is 2.24. The third kappa shape index (κ3) is 4.26. The summed E-state index contributed by atoms with van der Waals surface area (Å²) in [6.45, 7) is 2.13. The fourth-order valence-electron chi connectivity index (χ4n) is 2.89. The Morgan fingerprint density at radius 1 is 1.43 bits per heavy atom. The first-order valence-electron chi connectivity index (χ1n) is 7.84. The minimum atomic E-state index is -0.360. The van der Waals surface area contributed by atoms with Crippen LogP contribution in [0.15, 0.2) is 23.8 Å². The van der Waals surface area contributed by atoms with Crippen LogP contribution in [0.5, 0.6) is 11.5 Å². The third-order valence-corrected chi connectivity index (χ3v) is 4.31. The van der Waals surface area contributed by atoms with Crippen molar-refractivity contribution in [2.75, 3.05) is 7.11 Å². The first kappa shape index (κ1) is 16.9. The summed E-state index contributed by atoms with van der Waals surface area (Å²) in [7, 11) is 1.46. The van der Waals surface area contributed by atoms with Crippen LogP contribution in [0.4, 0.5) is 0 Å². The number of hydrogen-bond donors (Lipinski definition) is 2. The van der Waals surface area contributed by atoms with E-state index in [1.165, 1.54) is 25.7 Å². The molecular weight excluding hydrogens is 292 g/mol. The summed E-state index contributed by atoms with van der Waals surface area (Å²) in [5.74, 6) is 0.389. The van der Waals surface area contributed by atoms with Crippen LogP contribution < -0.4 is 10.1 Å². The molecule has 0 radical (unpaired) electrons. The maximum absolute atomic E-state index is 12.3. The van der Waals surface area contributed by atoms with Gasteiger partial charge in [0.1, 0.15) is 11.6 Å². The zero-order chi connectivity index (χ0) is 16.8. The molecule has 1 aromatic rings. The Kier molecular flexibility index (Phi) is 5.64. The van der Waals surface area contributed by atoms with E-state index in [0.29, 0.717) is 17.2 Å². The Balaban J connectivity index is 2.13. The Hall–Kier alpha value is -2.48. The van der Waals surface area contributed by atoms with Crippen molar-refractivity contribution in [1.29, 1.82) is 5.26 Å². The number of hydrogen-bond acceptors (Lipinski definition) is 4. The molecule has 0 spiro atoms. The van der Waals surface area contributed by atoms with Gasteiger partial charge in [-0.15, -0.1) is 0 Å². The normalized spacial score (nSPS) is 21.3. The van der Waals surface area contributed by atoms with Crippen LogP contribution >= 0.6 is 0 Å². The summed E-state index contributed by atoms with van der Waals surface area (Å²) in [6, 6.07) is 6.81. The van der Waals surface area contributed by atoms with Crippen molar-refractivity contribution >= 4 is 12.0 Å². The molecule has 0 aliphatic heterocycles. The van der Waals surface area contributed by atoms with E-state index in [1.54, 1.807) is 12.1 Å². The lowest BCUT2D eigenvalue weighted by atomic mass is 9.86. The van der Waals surface area contributed by atoms with Crippen molar-refractivity contribution in [2.24, 2.45) is 5.92 Å². The van der Waals surface area contributed by atoms with E-state index in [0.717, 1.165) is 19.3 Å². The van der Waals surface area contributed by atoms with Crippen molar-refractivity contribution in [3.8, 4) is 17.6 Å². The predicted octanol–water partition coefficient (Wildman–Crippen LogP) is 3.00. The number of phenols is 1. The summed E-state index contributed by atoms with van der Waals surface area (Å²) < 4.78 is 4.98. The van der Waals surface area contributed by atoms with Crippen LogP contribution in [0.25, 0.3) is 6.08 Å². The van der Waals surface area contributed by atoms with Crippen molar-refractivity contribution in [2.45, 2.75) is 38.6 Å². The third-order valence-electron chi connectivity index (χ3n) is 4.31. The van der Waals surface area contributed by atoms with Crippen LogP contribution in [-0.2, 0) is 4.79 Å². The van der Waals surface area contributed by atoms with E-state index in [2.05, 4.69) is 12.2 Å². The fraction of sp³-hybridized carbons (Fsp3) is 0.444. The van der Waals surface area contributed by atoms with Crippen molar-refractivity contribution in [3.05, 3.63) is 29.3 Å². The highest BCUT2D eigenvalue weighted by atomic mass is 16.5. The molecule has 5 nitrogen and oxygen atoms in total. The van der Waals surface area contributed by atoms with Gasteiger partial charge in [-0.2, -0.15) is 5.26 Å². The molecule has 1 aromatic carbocycles. The number of amides is 1. The van der Waals surface area contributed by atoms with E-state index in [-0.39, 0.29) is 23.3 Å². The van der Waals surface area contributed by atoms with Crippen molar-refractivity contribution in [3.63, 3.8) is 0 Å². The smallest absolute Gasteiger partial charge is 0.262 e. The largest absolute Gasteiger partial charge is 0.504 e. The van der Waals surface area contributed by atoms with Crippen LogP contribution in [0, 0.1) is 17.2 Å². The van der Waals surface area contributed by atoms with Crippen LogP contribution in [0.3, 0.4) is 0 Å². The number of methoxy groups -OCH3 is 1. The molecule has 5 heteroatoms. The number of phenolic OH excluding ortho intramolecular Hbond substituents is 1. The van der Waals surface area contributed by atoms with Gasteiger partial charge in [0.25, 0.3) is 5.91 Å². The predicted molar refractivity (Wildman–Crippen MR) is 87.8 cm³/mol. The zero-order valence-corrected chi connectivity index (χ0v) is 13.5. The van der Waals surface area contributed by atoms with Crippen LogP contribution in [0.2, 0.25) is 0 Å². The van der Waals surface area contributed by atoms with Crippen LogP contribution in [-0.4, -0.2) is 24.2 Å². The van der Waals surface area contributed by atoms with Gasteiger partial charge in [-0.05, 0) is 42.5 Å². The molecule has 2 N–H and O–H groups in total. The summed E-state index contributed by atoms with van der Waals surface area (Å²) in [6.07, 6.45) is 5.83. The first-order valence-corrected chi connectivity index (χ1v) is 7.84. The molecule has 0 aromatic heterocycles. The number of carbonyl (C=O) groups is 1. The summed E-state index contributed by atoms with van der Waals surface area (Å²) >= 11 is 0. The minimum absolute atomic E-state index is 0.0279. The number of aromatic hydroxyl groups is 1. The molecule has 1 aliphatic carbocycles. The van der Waals surface area contributed by atoms with E-state index in [9.17, 15) is 15.2 Å². The maximum Gasteiger partial charge on any atom is 0.262 e. The molecule has 0 unspecified atom stereocenters. The highest BCUT2D eigenvalue weighted by molar-refractivity contribution is 6.01. The molecule has 0 heterocycles. The molecule has 2 rings (SSSR count). The monoisotopic (exact) mass is 314 g/mol. The molecule has 1 fully saturated rings. The van der Waals surface area contributed by atoms with Gasteiger partial charge in [0.05, 0.1) is 7.11 Å². The lowest BCUT2D eigenvalue weighted by Crippen LogP contribution is -2.41. The molecule has 2 atom stereocenters. The quantitative estimate of drug-likeness (QED) is 0.661. The molecular formula is C18H22N2O3. The van der Waals surface area contributed by atoms with E-state index >= 15 is 0 Å². The van der Waals surface area contributed by atoms with Gasteiger partial charge < -0.3 is 15.2 Å². The summed E-state index contributed by atoms with van der Waals surface area (Å²) in [5, 5.41) is 22.0. The Labute approximate surface area is 136 Å². The number of nitrogens with one attached hydrogen (secondary N) is 1. The summed E-state index contributed by atoms with van der Waals surface area (Å²) in [5.41, 5.74) is 0.610. The van der Waals surface area contributed by atoms with E-state index < -0.39 is 0 Å². The molecule has 0 bridgehead atoms. The molecule has 1 saturated carbocycles. The number of rotatable bonds is 4. The Morgan fingerprint density at radius 2 is 2.17 bits per heavy atom. The molecule has 1 amide bonds. The van der Waals surface area contributed by atoms with Crippen molar-refractivity contribution in [1.82, 2.24) is 5.32 Å². The SMILES string of the molecule is COc1ccc(/C=C(\C#N)C(=O)N[C@@H]2CCCC[C@@H]2C)cc1O. The summed E-state index contributed by atoms with van der Waals surface area (Å²) in [4.78, 5) is 12.3. The Bertz CT molecular complexity index is 646. The average Bonchev–Trinajstić information content (AvgIpc) is 2.54.